The highest BCUT2D eigenvalue weighted by molar-refractivity contribution is 5.90. The van der Waals surface area contributed by atoms with Gasteiger partial charge in [-0.2, -0.15) is 0 Å². The Bertz CT molecular complexity index is 300. The number of nitrogens with one attached hydrogen (secondary N) is 1. The minimum Gasteiger partial charge on any atom is -0.395 e. The summed E-state index contributed by atoms with van der Waals surface area (Å²) >= 11 is 0. The fraction of sp³-hybridized carbons (Fsp3) is 0.818. The Morgan fingerprint density at radius 2 is 2.06 bits per heavy atom. The molecule has 96 valence electrons. The number of amides is 2. The molecule has 0 aromatic heterocycles. The molecule has 6 heteroatoms. The van der Waals surface area contributed by atoms with Crippen LogP contribution < -0.4 is 5.32 Å². The van der Waals surface area contributed by atoms with Gasteiger partial charge in [-0.05, 0) is 6.42 Å². The maximum Gasteiger partial charge on any atom is 0.245 e. The van der Waals surface area contributed by atoms with Gasteiger partial charge in [0.2, 0.25) is 11.8 Å². The summed E-state index contributed by atoms with van der Waals surface area (Å²) in [5.74, 6) is 0.0155. The number of aliphatic hydroxyl groups excluding tert-OH is 1. The molecule has 2 heterocycles. The number of carbonyl (C=O) groups excluding carboxylic acids is 2. The van der Waals surface area contributed by atoms with E-state index >= 15 is 0 Å². The van der Waals surface area contributed by atoms with E-state index in [-0.39, 0.29) is 24.5 Å². The fourth-order valence-electron chi connectivity index (χ4n) is 2.35. The second-order valence-corrected chi connectivity index (χ2v) is 4.55. The van der Waals surface area contributed by atoms with Crippen LogP contribution in [0.25, 0.3) is 0 Å². The van der Waals surface area contributed by atoms with Crippen LogP contribution in [-0.2, 0) is 9.59 Å². The van der Waals surface area contributed by atoms with Crippen LogP contribution in [0.4, 0.5) is 0 Å². The topological polar surface area (TPSA) is 72.9 Å². The van der Waals surface area contributed by atoms with Crippen LogP contribution in [0.15, 0.2) is 0 Å². The van der Waals surface area contributed by atoms with Gasteiger partial charge in [-0.15, -0.1) is 0 Å². The smallest absolute Gasteiger partial charge is 0.245 e. The van der Waals surface area contributed by atoms with Crippen molar-refractivity contribution in [2.75, 3.05) is 39.3 Å². The summed E-state index contributed by atoms with van der Waals surface area (Å²) in [6.45, 7) is 3.80. The van der Waals surface area contributed by atoms with E-state index in [1.54, 1.807) is 0 Å². The van der Waals surface area contributed by atoms with Crippen molar-refractivity contribution in [1.82, 2.24) is 15.1 Å². The third-order valence-corrected chi connectivity index (χ3v) is 3.39. The molecular formula is C11H19N3O3. The number of nitrogens with zero attached hydrogens (tertiary/aromatic N) is 2. The molecule has 1 atom stereocenters. The van der Waals surface area contributed by atoms with Crippen LogP contribution in [0, 0.1) is 0 Å². The van der Waals surface area contributed by atoms with Gasteiger partial charge < -0.3 is 15.3 Å². The van der Waals surface area contributed by atoms with Crippen molar-refractivity contribution < 1.29 is 14.7 Å². The highest BCUT2D eigenvalue weighted by atomic mass is 16.3. The standard InChI is InChI=1S/C11H19N3O3/c15-8-7-13-3-5-14(6-4-13)11(17)9-1-2-10(16)12-9/h9,15H,1-8H2,(H,12,16). The normalized spacial score (nSPS) is 26.1. The van der Waals surface area contributed by atoms with Crippen LogP contribution in [0.5, 0.6) is 0 Å². The number of carbonyl (C=O) groups is 2. The molecule has 2 aliphatic rings. The molecule has 17 heavy (non-hydrogen) atoms. The van der Waals surface area contributed by atoms with Crippen LogP contribution in [0.3, 0.4) is 0 Å². The van der Waals surface area contributed by atoms with E-state index in [9.17, 15) is 9.59 Å². The molecule has 6 nitrogen and oxygen atoms in total. The zero-order valence-electron chi connectivity index (χ0n) is 9.89. The first kappa shape index (κ1) is 12.3. The summed E-state index contributed by atoms with van der Waals surface area (Å²) in [4.78, 5) is 27.1. The third kappa shape index (κ3) is 2.95. The zero-order chi connectivity index (χ0) is 12.3. The van der Waals surface area contributed by atoms with E-state index in [2.05, 4.69) is 10.2 Å². The first-order valence-electron chi connectivity index (χ1n) is 6.12. The summed E-state index contributed by atoms with van der Waals surface area (Å²) in [6.07, 6.45) is 1.08. The Morgan fingerprint density at radius 3 is 2.59 bits per heavy atom. The average Bonchev–Trinajstić information content (AvgIpc) is 2.76. The van der Waals surface area contributed by atoms with Gasteiger partial charge in [0, 0.05) is 39.1 Å². The van der Waals surface area contributed by atoms with Crippen molar-refractivity contribution in [3.8, 4) is 0 Å². The van der Waals surface area contributed by atoms with Gasteiger partial charge in [0.1, 0.15) is 6.04 Å². The Hall–Kier alpha value is -1.14. The molecule has 2 amide bonds. The van der Waals surface area contributed by atoms with Crippen molar-refractivity contribution in [1.29, 1.82) is 0 Å². The molecule has 0 spiro atoms. The van der Waals surface area contributed by atoms with Gasteiger partial charge in [0.05, 0.1) is 6.61 Å². The lowest BCUT2D eigenvalue weighted by Crippen LogP contribution is -2.53. The Labute approximate surface area is 101 Å². The van der Waals surface area contributed by atoms with E-state index in [0.29, 0.717) is 32.5 Å². The van der Waals surface area contributed by atoms with E-state index < -0.39 is 0 Å². The number of rotatable bonds is 3. The molecule has 2 saturated heterocycles. The van der Waals surface area contributed by atoms with Gasteiger partial charge in [-0.25, -0.2) is 0 Å². The van der Waals surface area contributed by atoms with Crippen molar-refractivity contribution in [3.05, 3.63) is 0 Å². The molecule has 0 aromatic rings. The van der Waals surface area contributed by atoms with Gasteiger partial charge >= 0.3 is 0 Å². The highest BCUT2D eigenvalue weighted by Crippen LogP contribution is 2.11. The maximum absolute atomic E-state index is 12.1. The Balaban J connectivity index is 1.80. The number of hydrogen-bond acceptors (Lipinski definition) is 4. The number of hydrogen-bond donors (Lipinski definition) is 2. The predicted octanol–water partition coefficient (Wildman–Crippen LogP) is -1.60. The van der Waals surface area contributed by atoms with Crippen LogP contribution >= 0.6 is 0 Å². The molecule has 2 aliphatic heterocycles. The van der Waals surface area contributed by atoms with Gasteiger partial charge in [-0.1, -0.05) is 0 Å². The lowest BCUT2D eigenvalue weighted by Gasteiger charge is -2.35. The lowest BCUT2D eigenvalue weighted by molar-refractivity contribution is -0.136. The van der Waals surface area contributed by atoms with Crippen molar-refractivity contribution in [3.63, 3.8) is 0 Å². The summed E-state index contributed by atoms with van der Waals surface area (Å²) in [6, 6.07) is -0.313. The maximum atomic E-state index is 12.1. The monoisotopic (exact) mass is 241 g/mol. The summed E-state index contributed by atoms with van der Waals surface area (Å²) in [5.41, 5.74) is 0. The molecule has 0 radical (unpaired) electrons. The summed E-state index contributed by atoms with van der Waals surface area (Å²) in [5, 5.41) is 11.5. The summed E-state index contributed by atoms with van der Waals surface area (Å²) in [7, 11) is 0. The second-order valence-electron chi connectivity index (χ2n) is 4.55. The molecule has 0 aromatic carbocycles. The van der Waals surface area contributed by atoms with Crippen molar-refractivity contribution in [2.24, 2.45) is 0 Å². The molecule has 0 bridgehead atoms. The third-order valence-electron chi connectivity index (χ3n) is 3.39. The Morgan fingerprint density at radius 1 is 1.35 bits per heavy atom. The molecule has 1 unspecified atom stereocenters. The van der Waals surface area contributed by atoms with E-state index in [1.165, 1.54) is 0 Å². The van der Waals surface area contributed by atoms with Crippen LogP contribution in [0.1, 0.15) is 12.8 Å². The predicted molar refractivity (Wildman–Crippen MR) is 61.3 cm³/mol. The second kappa shape index (κ2) is 5.46. The van der Waals surface area contributed by atoms with Gasteiger partial charge in [0.15, 0.2) is 0 Å². The number of aliphatic hydroxyl groups is 1. The largest absolute Gasteiger partial charge is 0.395 e. The molecule has 0 saturated carbocycles. The molecule has 2 rings (SSSR count). The fourth-order valence-corrected chi connectivity index (χ4v) is 2.35. The SMILES string of the molecule is O=C1CCC(C(=O)N2CCN(CCO)CC2)N1. The quantitative estimate of drug-likeness (QED) is 0.624. The first-order chi connectivity index (χ1) is 8.20. The van der Waals surface area contributed by atoms with E-state index in [0.717, 1.165) is 13.1 Å². The van der Waals surface area contributed by atoms with Crippen LogP contribution in [-0.4, -0.2) is 72.1 Å². The summed E-state index contributed by atoms with van der Waals surface area (Å²) < 4.78 is 0. The zero-order valence-corrected chi connectivity index (χ0v) is 9.89. The Kier molecular flexibility index (Phi) is 3.96. The van der Waals surface area contributed by atoms with E-state index in [4.69, 9.17) is 5.11 Å². The van der Waals surface area contributed by atoms with Crippen molar-refractivity contribution in [2.45, 2.75) is 18.9 Å². The van der Waals surface area contributed by atoms with Gasteiger partial charge in [0.25, 0.3) is 0 Å². The highest BCUT2D eigenvalue weighted by Gasteiger charge is 2.31. The molecular weight excluding hydrogens is 222 g/mol. The van der Waals surface area contributed by atoms with Crippen molar-refractivity contribution >= 4 is 11.8 Å². The van der Waals surface area contributed by atoms with E-state index in [1.807, 2.05) is 4.90 Å². The molecule has 0 aliphatic carbocycles. The first-order valence-corrected chi connectivity index (χ1v) is 6.12. The van der Waals surface area contributed by atoms with Crippen LogP contribution in [0.2, 0.25) is 0 Å². The number of β-amino-alcohol motifs (C(OH)–C–C–N with tert-alkyl or cyclic N) is 1. The minimum absolute atomic E-state index is 0.0257. The average molecular weight is 241 g/mol. The molecule has 2 fully saturated rings. The molecule has 2 N–H and O–H groups in total. The minimum atomic E-state index is -0.313. The van der Waals surface area contributed by atoms with Gasteiger partial charge in [-0.3, -0.25) is 14.5 Å². The number of piperazine rings is 1. The lowest BCUT2D eigenvalue weighted by atomic mass is 10.2.